The third-order valence-electron chi connectivity index (χ3n) is 3.55. The SMILES string of the molecule is CCCCOCCNC(=NC)NCCc1ccc2c(c1)OCO2.I. The molecule has 1 aromatic carbocycles. The second kappa shape index (κ2) is 12.2. The van der Waals surface area contributed by atoms with Crippen molar-refractivity contribution >= 4 is 29.9 Å². The topological polar surface area (TPSA) is 64.1 Å². The highest BCUT2D eigenvalue weighted by Gasteiger charge is 2.12. The summed E-state index contributed by atoms with van der Waals surface area (Å²) in [6, 6.07) is 6.05. The Morgan fingerprint density at radius 2 is 1.96 bits per heavy atom. The van der Waals surface area contributed by atoms with Crippen LogP contribution in [0.2, 0.25) is 0 Å². The Labute approximate surface area is 161 Å². The smallest absolute Gasteiger partial charge is 0.231 e. The Hall–Kier alpha value is -1.22. The molecule has 24 heavy (non-hydrogen) atoms. The quantitative estimate of drug-likeness (QED) is 0.263. The molecule has 136 valence electrons. The lowest BCUT2D eigenvalue weighted by molar-refractivity contribution is 0.136. The van der Waals surface area contributed by atoms with Gasteiger partial charge in [-0.1, -0.05) is 19.4 Å². The van der Waals surface area contributed by atoms with E-state index in [0.29, 0.717) is 13.4 Å². The van der Waals surface area contributed by atoms with Gasteiger partial charge in [-0.3, -0.25) is 4.99 Å². The van der Waals surface area contributed by atoms with Gasteiger partial charge in [0.05, 0.1) is 6.61 Å². The summed E-state index contributed by atoms with van der Waals surface area (Å²) in [5, 5.41) is 6.54. The molecule has 2 N–H and O–H groups in total. The number of hydrogen-bond acceptors (Lipinski definition) is 4. The number of hydrogen-bond donors (Lipinski definition) is 2. The van der Waals surface area contributed by atoms with E-state index in [1.807, 2.05) is 12.1 Å². The lowest BCUT2D eigenvalue weighted by Gasteiger charge is -2.12. The summed E-state index contributed by atoms with van der Waals surface area (Å²) in [7, 11) is 1.77. The van der Waals surface area contributed by atoms with Crippen LogP contribution in [0.5, 0.6) is 11.5 Å². The summed E-state index contributed by atoms with van der Waals surface area (Å²) >= 11 is 0. The van der Waals surface area contributed by atoms with Crippen molar-refractivity contribution in [3.05, 3.63) is 23.8 Å². The molecule has 0 fully saturated rings. The zero-order valence-corrected chi connectivity index (χ0v) is 16.8. The van der Waals surface area contributed by atoms with E-state index in [1.54, 1.807) is 7.05 Å². The van der Waals surface area contributed by atoms with Crippen molar-refractivity contribution in [1.29, 1.82) is 0 Å². The largest absolute Gasteiger partial charge is 0.454 e. The second-order valence-electron chi connectivity index (χ2n) is 5.33. The normalized spacial score (nSPS) is 12.7. The van der Waals surface area contributed by atoms with E-state index in [0.717, 1.165) is 56.4 Å². The molecule has 6 nitrogen and oxygen atoms in total. The van der Waals surface area contributed by atoms with Crippen LogP contribution in [0.25, 0.3) is 0 Å². The maximum Gasteiger partial charge on any atom is 0.231 e. The highest BCUT2D eigenvalue weighted by molar-refractivity contribution is 14.0. The van der Waals surface area contributed by atoms with E-state index in [9.17, 15) is 0 Å². The molecule has 0 aliphatic carbocycles. The molecule has 0 saturated heterocycles. The molecular weight excluding hydrogens is 421 g/mol. The number of nitrogens with zero attached hydrogens (tertiary/aromatic N) is 1. The van der Waals surface area contributed by atoms with Crippen molar-refractivity contribution in [3.63, 3.8) is 0 Å². The van der Waals surface area contributed by atoms with E-state index in [2.05, 4.69) is 28.6 Å². The van der Waals surface area contributed by atoms with Gasteiger partial charge in [-0.2, -0.15) is 0 Å². The summed E-state index contributed by atoms with van der Waals surface area (Å²) in [6.45, 7) is 5.56. The standard InChI is InChI=1S/C17H27N3O3.HI/c1-3-4-10-21-11-9-20-17(18-2)19-8-7-14-5-6-15-16(12-14)23-13-22-15;/h5-6,12H,3-4,7-11,13H2,1-2H3,(H2,18,19,20);1H. The highest BCUT2D eigenvalue weighted by Crippen LogP contribution is 2.32. The zero-order valence-electron chi connectivity index (χ0n) is 14.5. The first-order chi connectivity index (χ1) is 11.3. The van der Waals surface area contributed by atoms with Crippen LogP contribution < -0.4 is 20.1 Å². The second-order valence-corrected chi connectivity index (χ2v) is 5.33. The summed E-state index contributed by atoms with van der Waals surface area (Å²) in [5.74, 6) is 2.45. The minimum Gasteiger partial charge on any atom is -0.454 e. The first-order valence-corrected chi connectivity index (χ1v) is 8.24. The van der Waals surface area contributed by atoms with Gasteiger partial charge >= 0.3 is 0 Å². The van der Waals surface area contributed by atoms with Crippen molar-refractivity contribution in [3.8, 4) is 11.5 Å². The molecule has 1 aliphatic heterocycles. The van der Waals surface area contributed by atoms with Gasteiger partial charge in [0.25, 0.3) is 0 Å². The number of nitrogens with one attached hydrogen (secondary N) is 2. The first kappa shape index (κ1) is 20.8. The molecule has 1 heterocycles. The lowest BCUT2D eigenvalue weighted by Crippen LogP contribution is -2.39. The molecule has 0 amide bonds. The first-order valence-electron chi connectivity index (χ1n) is 8.24. The van der Waals surface area contributed by atoms with Crippen molar-refractivity contribution in [2.45, 2.75) is 26.2 Å². The summed E-state index contributed by atoms with van der Waals surface area (Å²) in [4.78, 5) is 4.21. The molecule has 0 aromatic heterocycles. The number of benzene rings is 1. The molecule has 0 unspecified atom stereocenters. The summed E-state index contributed by atoms with van der Waals surface area (Å²) in [6.07, 6.45) is 3.17. The third-order valence-corrected chi connectivity index (χ3v) is 3.55. The van der Waals surface area contributed by atoms with E-state index in [-0.39, 0.29) is 24.0 Å². The lowest BCUT2D eigenvalue weighted by atomic mass is 10.1. The number of unbranched alkanes of at least 4 members (excludes halogenated alkanes) is 1. The Morgan fingerprint density at radius 1 is 1.17 bits per heavy atom. The van der Waals surface area contributed by atoms with Gasteiger partial charge in [-0.15, -0.1) is 24.0 Å². The van der Waals surface area contributed by atoms with Crippen LogP contribution in [0.1, 0.15) is 25.3 Å². The van der Waals surface area contributed by atoms with E-state index in [1.165, 1.54) is 5.56 Å². The number of fused-ring (bicyclic) bond motifs is 1. The Morgan fingerprint density at radius 3 is 2.75 bits per heavy atom. The van der Waals surface area contributed by atoms with Crippen LogP contribution in [-0.4, -0.2) is 46.1 Å². The third kappa shape index (κ3) is 7.12. The van der Waals surface area contributed by atoms with Crippen molar-refractivity contribution in [2.75, 3.05) is 40.1 Å². The van der Waals surface area contributed by atoms with Gasteiger partial charge in [0.2, 0.25) is 6.79 Å². The fourth-order valence-electron chi connectivity index (χ4n) is 2.23. The number of rotatable bonds is 9. The summed E-state index contributed by atoms with van der Waals surface area (Å²) < 4.78 is 16.2. The summed E-state index contributed by atoms with van der Waals surface area (Å²) in [5.41, 5.74) is 1.21. The molecule has 0 bridgehead atoms. The van der Waals surface area contributed by atoms with Crippen molar-refractivity contribution in [2.24, 2.45) is 4.99 Å². The minimum atomic E-state index is 0. The molecule has 0 spiro atoms. The fraction of sp³-hybridized carbons (Fsp3) is 0.588. The van der Waals surface area contributed by atoms with Gasteiger partial charge < -0.3 is 24.8 Å². The van der Waals surface area contributed by atoms with E-state index in [4.69, 9.17) is 14.2 Å². The molecule has 0 saturated carbocycles. The van der Waals surface area contributed by atoms with Crippen molar-refractivity contribution < 1.29 is 14.2 Å². The van der Waals surface area contributed by atoms with Gasteiger partial charge in [0, 0.05) is 26.7 Å². The van der Waals surface area contributed by atoms with Crippen LogP contribution in [0.3, 0.4) is 0 Å². The Balaban J connectivity index is 0.00000288. The predicted octanol–water partition coefficient (Wildman–Crippen LogP) is 2.56. The Kier molecular flexibility index (Phi) is 10.6. The van der Waals surface area contributed by atoms with Gasteiger partial charge in [0.15, 0.2) is 17.5 Å². The van der Waals surface area contributed by atoms with Crippen LogP contribution >= 0.6 is 24.0 Å². The number of guanidine groups is 1. The molecule has 0 radical (unpaired) electrons. The number of halogens is 1. The monoisotopic (exact) mass is 449 g/mol. The zero-order chi connectivity index (χ0) is 16.3. The van der Waals surface area contributed by atoms with Gasteiger partial charge in [-0.25, -0.2) is 0 Å². The Bertz CT molecular complexity index is 512. The average Bonchev–Trinajstić information content (AvgIpc) is 3.04. The molecule has 1 aromatic rings. The molecular formula is C17H28IN3O3. The minimum absolute atomic E-state index is 0. The van der Waals surface area contributed by atoms with Crippen LogP contribution in [0.15, 0.2) is 23.2 Å². The molecule has 2 rings (SSSR count). The fourth-order valence-corrected chi connectivity index (χ4v) is 2.23. The predicted molar refractivity (Wildman–Crippen MR) is 107 cm³/mol. The maximum atomic E-state index is 5.51. The maximum absolute atomic E-state index is 5.51. The molecule has 7 heteroatoms. The number of aliphatic imine (C=N–C) groups is 1. The van der Waals surface area contributed by atoms with Crippen molar-refractivity contribution in [1.82, 2.24) is 10.6 Å². The number of ether oxygens (including phenoxy) is 3. The molecule has 1 aliphatic rings. The van der Waals surface area contributed by atoms with Crippen LogP contribution in [0.4, 0.5) is 0 Å². The highest BCUT2D eigenvalue weighted by atomic mass is 127. The van der Waals surface area contributed by atoms with E-state index >= 15 is 0 Å². The van der Waals surface area contributed by atoms with Gasteiger partial charge in [0.1, 0.15) is 0 Å². The van der Waals surface area contributed by atoms with Crippen LogP contribution in [-0.2, 0) is 11.2 Å². The van der Waals surface area contributed by atoms with E-state index < -0.39 is 0 Å². The molecule has 0 atom stereocenters. The average molecular weight is 449 g/mol. The van der Waals surface area contributed by atoms with Crippen LogP contribution in [0, 0.1) is 0 Å². The van der Waals surface area contributed by atoms with Gasteiger partial charge in [-0.05, 0) is 30.5 Å².